The van der Waals surface area contributed by atoms with Gasteiger partial charge in [0, 0.05) is 6.04 Å². The third-order valence-electron chi connectivity index (χ3n) is 5.01. The van der Waals surface area contributed by atoms with E-state index in [1.165, 1.54) is 17.5 Å². The molecule has 3 atom stereocenters. The van der Waals surface area contributed by atoms with Gasteiger partial charge in [-0.05, 0) is 31.2 Å². The summed E-state index contributed by atoms with van der Waals surface area (Å²) in [6.07, 6.45) is 3.35. The summed E-state index contributed by atoms with van der Waals surface area (Å²) in [7, 11) is 0. The number of nitrogens with one attached hydrogen (secondary N) is 1. The van der Waals surface area contributed by atoms with Crippen molar-refractivity contribution in [2.75, 3.05) is 0 Å². The summed E-state index contributed by atoms with van der Waals surface area (Å²) in [5.74, 6) is 0.629. The molecule has 1 N–H and O–H groups in total. The zero-order valence-electron chi connectivity index (χ0n) is 13.6. The van der Waals surface area contributed by atoms with Crippen LogP contribution in [0.4, 0.5) is 0 Å². The van der Waals surface area contributed by atoms with Crippen LogP contribution in [-0.4, -0.2) is 11.6 Å². The van der Waals surface area contributed by atoms with Crippen molar-refractivity contribution in [1.29, 1.82) is 0 Å². The molecule has 1 fully saturated rings. The van der Waals surface area contributed by atoms with Gasteiger partial charge in [-0.2, -0.15) is 0 Å². The Morgan fingerprint density at radius 3 is 2.50 bits per heavy atom. The van der Waals surface area contributed by atoms with Crippen molar-refractivity contribution in [1.82, 2.24) is 5.32 Å². The molecule has 2 nitrogen and oxygen atoms in total. The number of hydrogen-bond donors (Lipinski definition) is 1. The summed E-state index contributed by atoms with van der Waals surface area (Å²) in [4.78, 5) is 0. The Labute approximate surface area is 123 Å². The quantitative estimate of drug-likeness (QED) is 0.849. The zero-order valence-corrected chi connectivity index (χ0v) is 13.6. The first-order chi connectivity index (χ1) is 9.56. The molecule has 0 aliphatic carbocycles. The topological polar surface area (TPSA) is 21.3 Å². The average Bonchev–Trinajstić information content (AvgIpc) is 2.87. The van der Waals surface area contributed by atoms with Gasteiger partial charge in [0.25, 0.3) is 0 Å². The smallest absolute Gasteiger partial charge is 0.135 e. The van der Waals surface area contributed by atoms with Crippen molar-refractivity contribution in [3.63, 3.8) is 0 Å². The molecule has 1 aliphatic rings. The molecule has 2 rings (SSSR count). The molecule has 0 amide bonds. The lowest BCUT2D eigenvalue weighted by Gasteiger charge is -2.35. The molecule has 0 aromatic heterocycles. The van der Waals surface area contributed by atoms with Crippen molar-refractivity contribution in [3.8, 4) is 0 Å². The predicted octanol–water partition coefficient (Wildman–Crippen LogP) is 4.59. The highest BCUT2D eigenvalue weighted by molar-refractivity contribution is 5.25. The number of aryl methyl sites for hydroxylation is 1. The summed E-state index contributed by atoms with van der Waals surface area (Å²) >= 11 is 0. The van der Waals surface area contributed by atoms with Gasteiger partial charge in [-0.25, -0.2) is 0 Å². The van der Waals surface area contributed by atoms with E-state index < -0.39 is 0 Å². The van der Waals surface area contributed by atoms with Gasteiger partial charge in [-0.3, -0.25) is 5.32 Å². The highest BCUT2D eigenvalue weighted by atomic mass is 16.5. The molecule has 0 bridgehead atoms. The van der Waals surface area contributed by atoms with Crippen LogP contribution in [0.15, 0.2) is 24.3 Å². The van der Waals surface area contributed by atoms with Crippen molar-refractivity contribution in [2.45, 2.75) is 71.8 Å². The summed E-state index contributed by atoms with van der Waals surface area (Å²) in [6.45, 7) is 11.2. The fourth-order valence-corrected chi connectivity index (χ4v) is 3.43. The minimum atomic E-state index is -0.0240. The van der Waals surface area contributed by atoms with Crippen LogP contribution in [-0.2, 0) is 4.74 Å². The van der Waals surface area contributed by atoms with Gasteiger partial charge >= 0.3 is 0 Å². The molecule has 3 unspecified atom stereocenters. The van der Waals surface area contributed by atoms with Crippen molar-refractivity contribution in [3.05, 3.63) is 35.4 Å². The number of ether oxygens (including phenoxy) is 1. The van der Waals surface area contributed by atoms with E-state index in [9.17, 15) is 0 Å². The van der Waals surface area contributed by atoms with E-state index in [2.05, 4.69) is 64.2 Å². The monoisotopic (exact) mass is 275 g/mol. The SMILES string of the molecule is CCC(C)C1NC(c2cccc(C)c2)OC1(CC)CC. The normalized spacial score (nSPS) is 26.6. The third-order valence-corrected chi connectivity index (χ3v) is 5.01. The van der Waals surface area contributed by atoms with E-state index in [-0.39, 0.29) is 11.8 Å². The molecule has 1 saturated heterocycles. The van der Waals surface area contributed by atoms with Gasteiger partial charge in [0.15, 0.2) is 0 Å². The molecule has 1 aromatic rings. The zero-order chi connectivity index (χ0) is 14.8. The Balaban J connectivity index is 2.28. The van der Waals surface area contributed by atoms with Crippen LogP contribution >= 0.6 is 0 Å². The molecule has 0 saturated carbocycles. The minimum Gasteiger partial charge on any atom is -0.351 e. The van der Waals surface area contributed by atoms with E-state index in [0.717, 1.165) is 12.8 Å². The lowest BCUT2D eigenvalue weighted by atomic mass is 9.81. The van der Waals surface area contributed by atoms with E-state index >= 15 is 0 Å². The average molecular weight is 275 g/mol. The van der Waals surface area contributed by atoms with E-state index in [1.54, 1.807) is 0 Å². The Bertz CT molecular complexity index is 439. The maximum atomic E-state index is 6.51. The first-order valence-electron chi connectivity index (χ1n) is 8.06. The lowest BCUT2D eigenvalue weighted by molar-refractivity contribution is -0.0601. The first kappa shape index (κ1) is 15.5. The van der Waals surface area contributed by atoms with Crippen LogP contribution in [0, 0.1) is 12.8 Å². The van der Waals surface area contributed by atoms with Crippen molar-refractivity contribution < 1.29 is 4.74 Å². The molecule has 0 spiro atoms. The van der Waals surface area contributed by atoms with Crippen molar-refractivity contribution in [2.24, 2.45) is 5.92 Å². The van der Waals surface area contributed by atoms with Gasteiger partial charge in [0.2, 0.25) is 0 Å². The number of hydrogen-bond acceptors (Lipinski definition) is 2. The van der Waals surface area contributed by atoms with Crippen LogP contribution in [0.1, 0.15) is 64.3 Å². The van der Waals surface area contributed by atoms with E-state index in [1.807, 2.05) is 0 Å². The Morgan fingerprint density at radius 1 is 1.25 bits per heavy atom. The Kier molecular flexibility index (Phi) is 4.87. The Morgan fingerprint density at radius 2 is 1.95 bits per heavy atom. The maximum Gasteiger partial charge on any atom is 0.135 e. The number of benzene rings is 1. The Hall–Kier alpha value is -0.860. The van der Waals surface area contributed by atoms with Crippen LogP contribution < -0.4 is 5.32 Å². The van der Waals surface area contributed by atoms with Gasteiger partial charge < -0.3 is 4.74 Å². The van der Waals surface area contributed by atoms with E-state index in [4.69, 9.17) is 4.74 Å². The molecule has 20 heavy (non-hydrogen) atoms. The highest BCUT2D eigenvalue weighted by Gasteiger charge is 2.47. The summed E-state index contributed by atoms with van der Waals surface area (Å²) < 4.78 is 6.51. The molecule has 1 heterocycles. The molecule has 112 valence electrons. The second kappa shape index (κ2) is 6.28. The van der Waals surface area contributed by atoms with Crippen LogP contribution in [0.3, 0.4) is 0 Å². The van der Waals surface area contributed by atoms with Gasteiger partial charge in [-0.15, -0.1) is 0 Å². The minimum absolute atomic E-state index is 0.0240. The highest BCUT2D eigenvalue weighted by Crippen LogP contribution is 2.41. The standard InChI is InChI=1S/C18H29NO/c1-6-14(5)16-18(7-2,8-3)20-17(19-16)15-11-9-10-13(4)12-15/h9-12,14,16-17,19H,6-8H2,1-5H3. The van der Waals surface area contributed by atoms with E-state index in [0.29, 0.717) is 12.0 Å². The van der Waals surface area contributed by atoms with Crippen molar-refractivity contribution >= 4 is 0 Å². The molecule has 1 aliphatic heterocycles. The van der Waals surface area contributed by atoms with Gasteiger partial charge in [0.1, 0.15) is 6.23 Å². The number of rotatable bonds is 5. The third kappa shape index (κ3) is 2.77. The summed E-state index contributed by atoms with van der Waals surface area (Å²) in [6, 6.07) is 9.09. The second-order valence-electron chi connectivity index (χ2n) is 6.21. The maximum absolute atomic E-state index is 6.51. The lowest BCUT2D eigenvalue weighted by Crippen LogP contribution is -2.46. The molecular weight excluding hydrogens is 246 g/mol. The fourth-order valence-electron chi connectivity index (χ4n) is 3.43. The molecule has 0 radical (unpaired) electrons. The molecule has 1 aromatic carbocycles. The van der Waals surface area contributed by atoms with Crippen LogP contribution in [0.5, 0.6) is 0 Å². The fraction of sp³-hybridized carbons (Fsp3) is 0.667. The van der Waals surface area contributed by atoms with Crippen LogP contribution in [0.2, 0.25) is 0 Å². The predicted molar refractivity (Wildman–Crippen MR) is 84.7 cm³/mol. The molecule has 2 heteroatoms. The first-order valence-corrected chi connectivity index (χ1v) is 8.06. The largest absolute Gasteiger partial charge is 0.351 e. The van der Waals surface area contributed by atoms with Gasteiger partial charge in [0.05, 0.1) is 5.60 Å². The van der Waals surface area contributed by atoms with Gasteiger partial charge in [-0.1, -0.05) is 63.9 Å². The van der Waals surface area contributed by atoms with Crippen LogP contribution in [0.25, 0.3) is 0 Å². The summed E-state index contributed by atoms with van der Waals surface area (Å²) in [5, 5.41) is 3.76. The summed E-state index contributed by atoms with van der Waals surface area (Å²) in [5.41, 5.74) is 2.52. The molecular formula is C18H29NO. The second-order valence-corrected chi connectivity index (χ2v) is 6.21.